The summed E-state index contributed by atoms with van der Waals surface area (Å²) in [6.07, 6.45) is -2.55. The van der Waals surface area contributed by atoms with Crippen molar-refractivity contribution in [1.29, 1.82) is 0 Å². The van der Waals surface area contributed by atoms with Crippen LogP contribution in [0.25, 0.3) is 11.5 Å². The smallest absolute Gasteiger partial charge is 0.393 e. The van der Waals surface area contributed by atoms with Gasteiger partial charge in [-0.05, 0) is 38.2 Å². The fourth-order valence-electron chi connectivity index (χ4n) is 3.47. The highest BCUT2D eigenvalue weighted by atomic mass is 32.1. The second-order valence-electron chi connectivity index (χ2n) is 7.29. The normalized spacial score (nSPS) is 17.2. The molecule has 0 aliphatic heterocycles. The molecule has 0 unspecified atom stereocenters. The molecule has 1 saturated carbocycles. The summed E-state index contributed by atoms with van der Waals surface area (Å²) in [7, 11) is 0. The van der Waals surface area contributed by atoms with E-state index in [1.54, 1.807) is 0 Å². The third-order valence-electron chi connectivity index (χ3n) is 4.98. The first-order valence-electron chi connectivity index (χ1n) is 9.22. The summed E-state index contributed by atoms with van der Waals surface area (Å²) in [6.45, 7) is 0. The van der Waals surface area contributed by atoms with Crippen LogP contribution in [0.15, 0.2) is 21.7 Å². The van der Waals surface area contributed by atoms with Gasteiger partial charge in [-0.2, -0.15) is 18.2 Å². The van der Waals surface area contributed by atoms with E-state index in [0.717, 1.165) is 24.2 Å². The number of carboxylic acids is 1. The van der Waals surface area contributed by atoms with Gasteiger partial charge < -0.3 is 9.63 Å². The average molecular weight is 426 g/mol. The lowest BCUT2D eigenvalue weighted by atomic mass is 10.0. The highest BCUT2D eigenvalue weighted by Gasteiger charge is 2.33. The van der Waals surface area contributed by atoms with E-state index in [1.165, 1.54) is 6.07 Å². The summed E-state index contributed by atoms with van der Waals surface area (Å²) < 4.78 is 43.9. The summed E-state index contributed by atoms with van der Waals surface area (Å²) >= 11 is 0.873. The van der Waals surface area contributed by atoms with Gasteiger partial charge in [-0.3, -0.25) is 4.79 Å². The van der Waals surface area contributed by atoms with E-state index in [9.17, 15) is 27.9 Å². The van der Waals surface area contributed by atoms with Crippen molar-refractivity contribution in [3.63, 3.8) is 0 Å². The zero-order valence-corrected chi connectivity index (χ0v) is 16.0. The second-order valence-corrected chi connectivity index (χ2v) is 8.51. The Morgan fingerprint density at radius 2 is 1.97 bits per heavy atom. The Labute approximate surface area is 167 Å². The van der Waals surface area contributed by atoms with Crippen LogP contribution in [0.2, 0.25) is 0 Å². The molecule has 0 bridgehead atoms. The van der Waals surface area contributed by atoms with E-state index in [2.05, 4.69) is 10.1 Å². The predicted octanol–water partition coefficient (Wildman–Crippen LogP) is 4.46. The Bertz CT molecular complexity index is 1000. The topological polar surface area (TPSA) is 93.3 Å². The Morgan fingerprint density at radius 1 is 1.24 bits per heavy atom. The number of carboxylic acid groups (broad SMARTS) is 1. The molecular weight excluding hydrogens is 409 g/mol. The molecule has 2 aromatic rings. The Morgan fingerprint density at radius 3 is 2.62 bits per heavy atom. The van der Waals surface area contributed by atoms with E-state index in [1.807, 2.05) is 0 Å². The number of carbonyl (C=O) groups excluding carboxylic acids is 1. The quantitative estimate of drug-likeness (QED) is 0.703. The fourth-order valence-corrected chi connectivity index (χ4v) is 4.66. The van der Waals surface area contributed by atoms with E-state index >= 15 is 0 Å². The van der Waals surface area contributed by atoms with Crippen molar-refractivity contribution in [2.75, 3.05) is 0 Å². The standard InChI is InChI=1S/C19H17F3N2O4S/c20-19(21,22)8-10-6-13(17-23-16(24-28-17)9-4-5-9)15(29-10)7-14(25)11-2-1-3-12(11)18(26)27/h6,9H,1-5,7-8H2,(H,26,27). The molecule has 29 heavy (non-hydrogen) atoms. The number of halogens is 3. The molecule has 6 nitrogen and oxygen atoms in total. The maximum atomic E-state index is 12.9. The number of ketones is 1. The van der Waals surface area contributed by atoms with Crippen LogP contribution in [-0.4, -0.2) is 33.2 Å². The number of hydrogen-bond acceptors (Lipinski definition) is 6. The lowest BCUT2D eigenvalue weighted by molar-refractivity contribution is -0.133. The van der Waals surface area contributed by atoms with Crippen molar-refractivity contribution < 1.29 is 32.4 Å². The van der Waals surface area contributed by atoms with Crippen molar-refractivity contribution in [2.24, 2.45) is 0 Å². The van der Waals surface area contributed by atoms with Crippen LogP contribution in [0.4, 0.5) is 13.2 Å². The van der Waals surface area contributed by atoms with Gasteiger partial charge in [0.05, 0.1) is 12.0 Å². The number of allylic oxidation sites excluding steroid dienone is 1. The summed E-state index contributed by atoms with van der Waals surface area (Å²) in [5.41, 5.74) is 0.660. The molecule has 0 saturated heterocycles. The molecule has 0 atom stereocenters. The zero-order valence-electron chi connectivity index (χ0n) is 15.2. The van der Waals surface area contributed by atoms with Crippen LogP contribution >= 0.6 is 11.3 Å². The number of rotatable bonds is 7. The second kappa shape index (κ2) is 7.40. The molecule has 2 heterocycles. The van der Waals surface area contributed by atoms with Crippen molar-refractivity contribution in [3.05, 3.63) is 32.8 Å². The number of carbonyl (C=O) groups is 2. The number of aliphatic carboxylic acids is 1. The van der Waals surface area contributed by atoms with Crippen molar-refractivity contribution in [1.82, 2.24) is 10.1 Å². The van der Waals surface area contributed by atoms with Crippen LogP contribution in [0.3, 0.4) is 0 Å². The average Bonchev–Trinajstić information content (AvgIpc) is 3.05. The Hall–Kier alpha value is -2.49. The van der Waals surface area contributed by atoms with Crippen LogP contribution in [0.1, 0.15) is 53.6 Å². The van der Waals surface area contributed by atoms with Gasteiger partial charge in [0.2, 0.25) is 0 Å². The van der Waals surface area contributed by atoms with Crippen LogP contribution in [0, 0.1) is 0 Å². The highest BCUT2D eigenvalue weighted by molar-refractivity contribution is 7.12. The number of hydrogen-bond donors (Lipinski definition) is 1. The van der Waals surface area contributed by atoms with Gasteiger partial charge in [0.1, 0.15) is 0 Å². The fraction of sp³-hybridized carbons (Fsp3) is 0.474. The molecule has 2 aliphatic rings. The molecule has 2 aromatic heterocycles. The zero-order chi connectivity index (χ0) is 20.8. The summed E-state index contributed by atoms with van der Waals surface area (Å²) in [4.78, 5) is 28.8. The molecule has 1 fully saturated rings. The van der Waals surface area contributed by atoms with Crippen LogP contribution in [-0.2, 0) is 22.4 Å². The highest BCUT2D eigenvalue weighted by Crippen LogP contribution is 2.41. The summed E-state index contributed by atoms with van der Waals surface area (Å²) in [6, 6.07) is 1.34. The molecule has 154 valence electrons. The van der Waals surface area contributed by atoms with Crippen molar-refractivity contribution in [2.45, 2.75) is 57.0 Å². The molecule has 0 amide bonds. The molecule has 4 rings (SSSR count). The molecule has 1 N–H and O–H groups in total. The summed E-state index contributed by atoms with van der Waals surface area (Å²) in [5, 5.41) is 13.2. The Kier molecular flexibility index (Phi) is 5.05. The first-order chi connectivity index (χ1) is 13.7. The van der Waals surface area contributed by atoms with E-state index in [-0.39, 0.29) is 40.0 Å². The molecule has 0 radical (unpaired) electrons. The molecule has 10 heteroatoms. The predicted molar refractivity (Wildman–Crippen MR) is 96.6 cm³/mol. The van der Waals surface area contributed by atoms with Crippen LogP contribution in [0.5, 0.6) is 0 Å². The molecule has 0 aromatic carbocycles. The minimum absolute atomic E-state index is 0.0420. The third-order valence-corrected chi connectivity index (χ3v) is 6.12. The summed E-state index contributed by atoms with van der Waals surface area (Å²) in [5.74, 6) is -0.678. The molecular formula is C19H17F3N2O4S. The van der Waals surface area contributed by atoms with Gasteiger partial charge in [-0.15, -0.1) is 11.3 Å². The SMILES string of the molecule is O=C(O)C1=C(C(=O)Cc2sc(CC(F)(F)F)cc2-c2nc(C3CC3)no2)CCC1. The Balaban J connectivity index is 1.66. The lowest BCUT2D eigenvalue weighted by Crippen LogP contribution is -2.10. The monoisotopic (exact) mass is 426 g/mol. The minimum atomic E-state index is -4.39. The maximum absolute atomic E-state index is 12.9. The maximum Gasteiger partial charge on any atom is 0.393 e. The number of alkyl halides is 3. The number of Topliss-reactive ketones (excluding diaryl/α,β-unsaturated/α-hetero) is 1. The van der Waals surface area contributed by atoms with Gasteiger partial charge >= 0.3 is 12.1 Å². The minimum Gasteiger partial charge on any atom is -0.478 e. The largest absolute Gasteiger partial charge is 0.478 e. The van der Waals surface area contributed by atoms with E-state index in [0.29, 0.717) is 35.5 Å². The lowest BCUT2D eigenvalue weighted by Gasteiger charge is -2.04. The number of thiophene rings is 1. The first-order valence-corrected chi connectivity index (χ1v) is 10.0. The van der Waals surface area contributed by atoms with Crippen LogP contribution < -0.4 is 0 Å². The van der Waals surface area contributed by atoms with E-state index in [4.69, 9.17) is 4.52 Å². The molecule has 2 aliphatic carbocycles. The number of aromatic nitrogens is 2. The van der Waals surface area contributed by atoms with Crippen molar-refractivity contribution in [3.8, 4) is 11.5 Å². The van der Waals surface area contributed by atoms with Gasteiger partial charge in [-0.25, -0.2) is 4.79 Å². The number of nitrogens with zero attached hydrogens (tertiary/aromatic N) is 2. The molecule has 0 spiro atoms. The third kappa shape index (κ3) is 4.42. The van der Waals surface area contributed by atoms with Gasteiger partial charge in [0.15, 0.2) is 11.6 Å². The van der Waals surface area contributed by atoms with Gasteiger partial charge in [0.25, 0.3) is 5.89 Å². The first kappa shape index (κ1) is 19.8. The van der Waals surface area contributed by atoms with E-state index < -0.39 is 18.6 Å². The van der Waals surface area contributed by atoms with Gasteiger partial charge in [0, 0.05) is 33.2 Å². The van der Waals surface area contributed by atoms with Gasteiger partial charge in [-0.1, -0.05) is 5.16 Å². The van der Waals surface area contributed by atoms with Crippen molar-refractivity contribution >= 4 is 23.1 Å².